The Morgan fingerprint density at radius 1 is 0.912 bits per heavy atom. The fourth-order valence-electron chi connectivity index (χ4n) is 7.72. The van der Waals surface area contributed by atoms with Crippen molar-refractivity contribution in [2.75, 3.05) is 63.0 Å². The van der Waals surface area contributed by atoms with Crippen LogP contribution in [0.4, 0.5) is 11.5 Å². The largest absolute Gasteiger partial charge is 0.390 e. The van der Waals surface area contributed by atoms with Gasteiger partial charge in [-0.1, -0.05) is 30.3 Å². The van der Waals surface area contributed by atoms with Crippen LogP contribution in [0.1, 0.15) is 74.4 Å². The molecule has 2 atom stereocenters. The van der Waals surface area contributed by atoms with Crippen molar-refractivity contribution >= 4 is 46.9 Å². The molecule has 4 aliphatic heterocycles. The number of likely N-dealkylation sites (tertiary alicyclic amines) is 1. The van der Waals surface area contributed by atoms with E-state index in [1.54, 1.807) is 24.3 Å². The summed E-state index contributed by atoms with van der Waals surface area (Å²) >= 11 is 0. The molecule has 2 aromatic carbocycles. The lowest BCUT2D eigenvalue weighted by atomic mass is 10.00. The number of nitrogens with zero attached hydrogens (tertiary/aromatic N) is 5. The molecule has 5 heterocycles. The van der Waals surface area contributed by atoms with E-state index in [1.807, 2.05) is 12.1 Å². The molecule has 6 N–H and O–H groups in total. The third-order valence-electron chi connectivity index (χ3n) is 10.8. The molecule has 2 fully saturated rings. The van der Waals surface area contributed by atoms with Crippen molar-refractivity contribution in [2.24, 2.45) is 0 Å². The minimum Gasteiger partial charge on any atom is -0.390 e. The molecule has 57 heavy (non-hydrogen) atoms. The molecule has 2 saturated heterocycles. The number of hydrogen-bond donors (Lipinski definition) is 6. The Kier molecular flexibility index (Phi) is 12.5. The van der Waals surface area contributed by atoms with Gasteiger partial charge in [0.25, 0.3) is 17.7 Å². The Labute approximate surface area is 330 Å². The number of aliphatic hydroxyl groups excluding tert-OH is 1. The molecular formula is C40H48N10O7. The highest BCUT2D eigenvalue weighted by Gasteiger charge is 2.45. The number of carbonyl (C=O) groups is 6. The topological polar surface area (TPSA) is 218 Å². The van der Waals surface area contributed by atoms with Crippen LogP contribution in [0.15, 0.2) is 54.9 Å². The van der Waals surface area contributed by atoms with Crippen molar-refractivity contribution in [3.8, 4) is 0 Å². The maximum absolute atomic E-state index is 13.3. The minimum atomic E-state index is -1.03. The molecule has 1 aromatic heterocycles. The number of aromatic nitrogens is 2. The van der Waals surface area contributed by atoms with E-state index >= 15 is 0 Å². The average Bonchev–Trinajstić information content (AvgIpc) is 3.44. The van der Waals surface area contributed by atoms with Crippen LogP contribution in [0.3, 0.4) is 0 Å². The summed E-state index contributed by atoms with van der Waals surface area (Å²) in [6.45, 7) is 5.41. The van der Waals surface area contributed by atoms with E-state index in [4.69, 9.17) is 0 Å². The van der Waals surface area contributed by atoms with Gasteiger partial charge in [0.05, 0.1) is 23.3 Å². The number of anilines is 2. The zero-order chi connectivity index (χ0) is 39.9. The number of β-amino-alcohol motifs (C(OH)–C–C–N with tert-alkyl or cyclic N) is 1. The van der Waals surface area contributed by atoms with Crippen molar-refractivity contribution in [1.29, 1.82) is 0 Å². The lowest BCUT2D eigenvalue weighted by Gasteiger charge is -2.39. The van der Waals surface area contributed by atoms with Gasteiger partial charge in [-0.2, -0.15) is 0 Å². The number of amides is 6. The molecule has 0 spiro atoms. The van der Waals surface area contributed by atoms with Crippen molar-refractivity contribution in [2.45, 2.75) is 63.3 Å². The summed E-state index contributed by atoms with van der Waals surface area (Å²) in [6.07, 6.45) is 3.34. The summed E-state index contributed by atoms with van der Waals surface area (Å²) < 4.78 is 0. The minimum absolute atomic E-state index is 0.0527. The Balaban J connectivity index is 0.745. The molecule has 4 aliphatic rings. The number of carbonyl (C=O) groups excluding carboxylic acids is 6. The summed E-state index contributed by atoms with van der Waals surface area (Å²) in [7, 11) is 0. The first-order chi connectivity index (χ1) is 27.6. The predicted octanol–water partition coefficient (Wildman–Crippen LogP) is 0.522. The molecule has 6 amide bonds. The van der Waals surface area contributed by atoms with Gasteiger partial charge in [0.15, 0.2) is 0 Å². The molecule has 0 bridgehead atoms. The van der Waals surface area contributed by atoms with E-state index in [0.717, 1.165) is 37.5 Å². The van der Waals surface area contributed by atoms with Gasteiger partial charge in [0, 0.05) is 83.5 Å². The van der Waals surface area contributed by atoms with E-state index in [1.165, 1.54) is 17.5 Å². The van der Waals surface area contributed by atoms with Crippen LogP contribution in [0, 0.1) is 0 Å². The van der Waals surface area contributed by atoms with E-state index in [0.29, 0.717) is 56.9 Å². The Morgan fingerprint density at radius 3 is 2.56 bits per heavy atom. The third-order valence-corrected chi connectivity index (χ3v) is 10.8. The molecule has 1 unspecified atom stereocenters. The van der Waals surface area contributed by atoms with Gasteiger partial charge in [-0.3, -0.25) is 48.8 Å². The molecule has 7 rings (SSSR count). The number of rotatable bonds is 17. The van der Waals surface area contributed by atoms with E-state index in [9.17, 15) is 33.9 Å². The summed E-state index contributed by atoms with van der Waals surface area (Å²) in [5.74, 6) is -2.08. The summed E-state index contributed by atoms with van der Waals surface area (Å²) in [5.41, 5.74) is 3.75. The zero-order valence-electron chi connectivity index (χ0n) is 31.7. The maximum atomic E-state index is 13.3. The fraction of sp³-hybridized carbons (Fsp3) is 0.450. The second-order valence-corrected chi connectivity index (χ2v) is 14.9. The van der Waals surface area contributed by atoms with Crippen molar-refractivity contribution in [3.05, 3.63) is 82.8 Å². The molecule has 300 valence electrons. The van der Waals surface area contributed by atoms with E-state index < -0.39 is 35.8 Å². The summed E-state index contributed by atoms with van der Waals surface area (Å²) in [5, 5.41) is 25.1. The number of benzene rings is 2. The third kappa shape index (κ3) is 9.61. The van der Waals surface area contributed by atoms with Crippen LogP contribution < -0.4 is 26.6 Å². The first-order valence-corrected chi connectivity index (χ1v) is 19.5. The quantitative estimate of drug-likeness (QED) is 0.0815. The highest BCUT2D eigenvalue weighted by molar-refractivity contribution is 6.25. The molecule has 17 nitrogen and oxygen atoms in total. The van der Waals surface area contributed by atoms with Gasteiger partial charge >= 0.3 is 0 Å². The number of piperidine rings is 1. The SMILES string of the molecule is O=C(CCCCNc1cccc2c1C(=O)N(C1CCC(=O)NC1=O)C2=O)NCCN1CC(Nc2cc(C(=O)NC[C@H](O)CN3CCc4ccccc4C3)ncn2)C1. The first-order valence-electron chi connectivity index (χ1n) is 19.5. The van der Waals surface area contributed by atoms with E-state index in [2.05, 4.69) is 58.5 Å². The van der Waals surface area contributed by atoms with Crippen LogP contribution in [-0.4, -0.2) is 136 Å². The molecule has 0 aliphatic carbocycles. The monoisotopic (exact) mass is 780 g/mol. The predicted molar refractivity (Wildman–Crippen MR) is 208 cm³/mol. The smallest absolute Gasteiger partial charge is 0.270 e. The number of aliphatic hydroxyl groups is 1. The number of hydrogen-bond acceptors (Lipinski definition) is 13. The second kappa shape index (κ2) is 18.0. The number of unbranched alkanes of at least 4 members (excludes halogenated alkanes) is 1. The van der Waals surface area contributed by atoms with E-state index in [-0.39, 0.29) is 54.1 Å². The van der Waals surface area contributed by atoms with Gasteiger partial charge in [-0.05, 0) is 48.9 Å². The Bertz CT molecular complexity index is 2020. The van der Waals surface area contributed by atoms with Gasteiger partial charge in [0.2, 0.25) is 17.7 Å². The molecule has 0 radical (unpaired) electrons. The Morgan fingerprint density at radius 2 is 1.74 bits per heavy atom. The van der Waals surface area contributed by atoms with Crippen LogP contribution >= 0.6 is 0 Å². The fourth-order valence-corrected chi connectivity index (χ4v) is 7.72. The van der Waals surface area contributed by atoms with Gasteiger partial charge < -0.3 is 26.4 Å². The van der Waals surface area contributed by atoms with Crippen LogP contribution in [-0.2, 0) is 27.3 Å². The van der Waals surface area contributed by atoms with Gasteiger partial charge in [-0.25, -0.2) is 9.97 Å². The second-order valence-electron chi connectivity index (χ2n) is 14.9. The average molecular weight is 781 g/mol. The van der Waals surface area contributed by atoms with Crippen molar-refractivity contribution in [1.82, 2.24) is 40.6 Å². The normalized spacial score (nSPS) is 19.0. The standard InChI is InChI=1S/C40H48N10O7/c51-28(23-48-16-13-25-6-1-2-7-26(25)20-48)19-43-37(54)31-18-33(45-24-44-31)46-27-21-49(22-27)17-15-42-34(52)10-3-4-14-41-30-9-5-8-29-36(30)40(57)50(39(29)56)32-11-12-35(53)47-38(32)55/h1-2,5-9,18,24,27-28,32,41,51H,3-4,10-17,19-23H2,(H,42,52)(H,43,54)(H,44,45,46)(H,47,53,55)/t28-,32?/m0/s1. The number of nitrogens with one attached hydrogen (secondary N) is 5. The van der Waals surface area contributed by atoms with Crippen molar-refractivity contribution in [3.63, 3.8) is 0 Å². The molecule has 3 aromatic rings. The number of fused-ring (bicyclic) bond motifs is 2. The zero-order valence-corrected chi connectivity index (χ0v) is 31.7. The first kappa shape index (κ1) is 39.5. The summed E-state index contributed by atoms with van der Waals surface area (Å²) in [6, 6.07) is 14.0. The van der Waals surface area contributed by atoms with Crippen LogP contribution in [0.2, 0.25) is 0 Å². The number of imide groups is 2. The summed E-state index contributed by atoms with van der Waals surface area (Å²) in [4.78, 5) is 89.2. The molecular weight excluding hydrogens is 733 g/mol. The lowest BCUT2D eigenvalue weighted by molar-refractivity contribution is -0.136. The van der Waals surface area contributed by atoms with Gasteiger partial charge in [-0.15, -0.1) is 0 Å². The highest BCUT2D eigenvalue weighted by Crippen LogP contribution is 2.32. The maximum Gasteiger partial charge on any atom is 0.270 e. The van der Waals surface area contributed by atoms with Crippen molar-refractivity contribution < 1.29 is 33.9 Å². The molecule has 17 heteroatoms. The van der Waals surface area contributed by atoms with Gasteiger partial charge in [0.1, 0.15) is 23.9 Å². The van der Waals surface area contributed by atoms with Crippen LogP contribution in [0.25, 0.3) is 0 Å². The lowest BCUT2D eigenvalue weighted by Crippen LogP contribution is -2.56. The van der Waals surface area contributed by atoms with Crippen LogP contribution in [0.5, 0.6) is 0 Å². The highest BCUT2D eigenvalue weighted by atomic mass is 16.3. The Hall–Kier alpha value is -5.78. The molecule has 0 saturated carbocycles.